The Morgan fingerprint density at radius 3 is 0.839 bits per heavy atom. The summed E-state index contributed by atoms with van der Waals surface area (Å²) < 4.78 is 5.78. The van der Waals surface area contributed by atoms with E-state index in [1.807, 2.05) is 0 Å². The first-order valence-electron chi connectivity index (χ1n) is 11.2. The Balaban J connectivity index is 0. The molecule has 0 spiro atoms. The van der Waals surface area contributed by atoms with E-state index in [1.54, 1.807) is 0 Å². The van der Waals surface area contributed by atoms with Crippen LogP contribution in [-0.4, -0.2) is 48.7 Å². The van der Waals surface area contributed by atoms with Gasteiger partial charge in [-0.1, -0.05) is 137 Å². The second-order valence-electron chi connectivity index (χ2n) is 13.8. The van der Waals surface area contributed by atoms with Gasteiger partial charge in [0, 0.05) is 0 Å². The van der Waals surface area contributed by atoms with Crippen molar-refractivity contribution in [3.63, 3.8) is 0 Å². The molecule has 0 saturated heterocycles. The monoisotopic (exact) mass is 643 g/mol. The summed E-state index contributed by atoms with van der Waals surface area (Å²) in [5, 5.41) is 1.62. The van der Waals surface area contributed by atoms with E-state index >= 15 is 0 Å². The molecule has 0 fully saturated rings. The van der Waals surface area contributed by atoms with Gasteiger partial charge in [-0.25, -0.2) is 0 Å². The fourth-order valence-electron chi connectivity index (χ4n) is 4.63. The Bertz CT molecular complexity index is 460. The first-order chi connectivity index (χ1) is 13.1. The fraction of sp³-hybridized carbons (Fsp3) is 1.00. The van der Waals surface area contributed by atoms with E-state index in [1.165, 1.54) is 11.6 Å². The zero-order chi connectivity index (χ0) is 25.9. The van der Waals surface area contributed by atoms with Gasteiger partial charge in [-0.2, -0.15) is 0 Å². The Morgan fingerprint density at radius 1 is 0.548 bits per heavy atom. The maximum absolute atomic E-state index is 5.78. The van der Waals surface area contributed by atoms with Gasteiger partial charge in [-0.05, 0) is 20.6 Å². The van der Waals surface area contributed by atoms with E-state index in [9.17, 15) is 0 Å². The van der Waals surface area contributed by atoms with Crippen molar-refractivity contribution in [2.75, 3.05) is 11.6 Å². The molecule has 0 N–H and O–H groups in total. The van der Waals surface area contributed by atoms with Crippen molar-refractivity contribution in [3.05, 3.63) is 4.65 Å². The molecule has 0 aliphatic heterocycles. The van der Waals surface area contributed by atoms with Crippen molar-refractivity contribution < 1.29 is 18.2 Å². The predicted molar refractivity (Wildman–Crippen MR) is 158 cm³/mol. The molecular formula is C22H52Cl3NP2Si2Zr-. The number of rotatable bonds is 6. The first kappa shape index (κ1) is 36.2. The molecule has 0 aliphatic rings. The summed E-state index contributed by atoms with van der Waals surface area (Å²) in [5.74, 6) is 2.77. The third kappa shape index (κ3) is 17.2. The topological polar surface area (TPSA) is 14.1 Å². The molecule has 0 rings (SSSR count). The van der Waals surface area contributed by atoms with Crippen molar-refractivity contribution in [3.8, 4) is 0 Å². The van der Waals surface area contributed by atoms with Crippen LogP contribution in [0.15, 0.2) is 0 Å². The molecule has 0 bridgehead atoms. The normalized spacial score (nSPS) is 14.6. The van der Waals surface area contributed by atoms with E-state index in [0.29, 0.717) is 20.6 Å². The summed E-state index contributed by atoms with van der Waals surface area (Å²) in [6, 6.07) is 0. The Hall–Kier alpha value is 3.01. The van der Waals surface area contributed by atoms with Crippen molar-refractivity contribution in [1.29, 1.82) is 0 Å². The molecule has 0 unspecified atom stereocenters. The summed E-state index contributed by atoms with van der Waals surface area (Å²) in [6.07, 6.45) is 0. The Morgan fingerprint density at radius 2 is 0.710 bits per heavy atom. The average Bonchev–Trinajstić information content (AvgIpc) is 2.36. The van der Waals surface area contributed by atoms with Crippen LogP contribution in [0.4, 0.5) is 0 Å². The van der Waals surface area contributed by atoms with Gasteiger partial charge in [0.2, 0.25) is 0 Å². The van der Waals surface area contributed by atoms with Gasteiger partial charge < -0.3 is 4.65 Å². The molecule has 0 aromatic heterocycles. The SMILES string of the molecule is CC(C)(C)P(C[Si](C)(C)[N-][Si](C)(C)CP(C(C)(C)C)C(C)(C)C)C(C)(C)C.[Cl][Zr]([Cl])[Cl]. The third-order valence-corrected chi connectivity index (χ3v) is 25.0. The molecule has 0 aromatic rings. The summed E-state index contributed by atoms with van der Waals surface area (Å²) in [5.41, 5.74) is 0. The molecule has 0 radical (unpaired) electrons. The van der Waals surface area contributed by atoms with Gasteiger partial charge >= 0.3 is 43.7 Å². The van der Waals surface area contributed by atoms with Gasteiger partial charge in [-0.15, -0.1) is 15.8 Å². The molecule has 189 valence electrons. The predicted octanol–water partition coefficient (Wildman–Crippen LogP) is 11.1. The zero-order valence-electron chi connectivity index (χ0n) is 23.4. The third-order valence-electron chi connectivity index (χ3n) is 4.93. The van der Waals surface area contributed by atoms with Crippen molar-refractivity contribution in [2.45, 2.75) is 130 Å². The standard InChI is InChI=1S/C22H52NP2Si2.3ClH.Zr/c1-19(2,3)24(20(4,5)6)17-26(13,14)23-27(15,16)18-25(21(7,8)9)22(10,11)12;;;;/h17-18H2,1-16H3;3*1H;/q-1;;;;+3/p-3. The molecule has 0 aromatic carbocycles. The van der Waals surface area contributed by atoms with Crippen molar-refractivity contribution in [1.82, 2.24) is 0 Å². The van der Waals surface area contributed by atoms with E-state index in [0.717, 1.165) is 0 Å². The van der Waals surface area contributed by atoms with Gasteiger partial charge in [0.15, 0.2) is 0 Å². The first-order valence-corrected chi connectivity index (χ1v) is 30.1. The van der Waals surface area contributed by atoms with Gasteiger partial charge in [0.25, 0.3) is 0 Å². The summed E-state index contributed by atoms with van der Waals surface area (Å²) in [4.78, 5) is 0. The molecule has 9 heteroatoms. The second-order valence-corrected chi connectivity index (χ2v) is 42.8. The number of nitrogens with zero attached hydrogens (tertiary/aromatic N) is 1. The van der Waals surface area contributed by atoms with Crippen LogP contribution >= 0.6 is 41.4 Å². The van der Waals surface area contributed by atoms with E-state index < -0.39 is 34.6 Å². The van der Waals surface area contributed by atoms with Crippen LogP contribution < -0.4 is 0 Å². The van der Waals surface area contributed by atoms with Crippen LogP contribution in [0.5, 0.6) is 0 Å². The minimum atomic E-state index is -2.13. The summed E-state index contributed by atoms with van der Waals surface area (Å²) in [7, 11) is 11.7. The average molecular weight is 646 g/mol. The van der Waals surface area contributed by atoms with Gasteiger partial charge in [0.05, 0.1) is 0 Å². The minimum absolute atomic E-state index is 0.0538. The maximum atomic E-state index is 5.78. The van der Waals surface area contributed by atoms with Gasteiger partial charge in [-0.3, -0.25) is 0 Å². The second kappa shape index (κ2) is 13.0. The quantitative estimate of drug-likeness (QED) is 0.201. The van der Waals surface area contributed by atoms with Crippen molar-refractivity contribution in [2.24, 2.45) is 0 Å². The molecule has 31 heavy (non-hydrogen) atoms. The van der Waals surface area contributed by atoms with E-state index in [-0.39, 0.29) is 15.8 Å². The molecule has 0 heterocycles. The van der Waals surface area contributed by atoms with Crippen LogP contribution in [-0.2, 0) is 18.2 Å². The molecule has 0 saturated carbocycles. The number of halogens is 3. The van der Waals surface area contributed by atoms with Crippen LogP contribution in [0.1, 0.15) is 83.1 Å². The van der Waals surface area contributed by atoms with Crippen LogP contribution in [0.3, 0.4) is 0 Å². The fourth-order valence-corrected chi connectivity index (χ4v) is 30.8. The Kier molecular flexibility index (Phi) is 15.2. The van der Waals surface area contributed by atoms with Crippen LogP contribution in [0, 0.1) is 0 Å². The zero-order valence-corrected chi connectivity index (χ0v) is 31.9. The van der Waals surface area contributed by atoms with Crippen LogP contribution in [0.2, 0.25) is 26.2 Å². The Labute approximate surface area is 220 Å². The molecule has 0 atom stereocenters. The van der Waals surface area contributed by atoms with E-state index in [2.05, 4.69) is 109 Å². The summed E-state index contributed by atoms with van der Waals surface area (Å²) in [6.45, 7) is 39.6. The molecule has 1 nitrogen and oxygen atoms in total. The van der Waals surface area contributed by atoms with E-state index in [4.69, 9.17) is 30.2 Å². The molecule has 0 amide bonds. The molecular weight excluding hydrogens is 594 g/mol. The number of hydrogen-bond acceptors (Lipinski definition) is 0. The van der Waals surface area contributed by atoms with Gasteiger partial charge in [0.1, 0.15) is 0 Å². The number of hydrogen-bond donors (Lipinski definition) is 0. The summed E-state index contributed by atoms with van der Waals surface area (Å²) >= 11 is -2.13. The molecule has 0 aliphatic carbocycles. The van der Waals surface area contributed by atoms with Crippen molar-refractivity contribution >= 4 is 57.9 Å². The van der Waals surface area contributed by atoms with Crippen LogP contribution in [0.25, 0.3) is 4.65 Å².